The number of aryl methyl sites for hydroxylation is 1. The van der Waals surface area contributed by atoms with Crippen molar-refractivity contribution < 1.29 is 13.9 Å². The van der Waals surface area contributed by atoms with Gasteiger partial charge in [0.25, 0.3) is 5.56 Å². The van der Waals surface area contributed by atoms with E-state index in [1.54, 1.807) is 17.8 Å². The van der Waals surface area contributed by atoms with E-state index in [1.165, 1.54) is 0 Å². The SMILES string of the molecule is CC1CN(C)CCN1Cc1cc2c(=O)n(C)cc(-c3ccnc(OCC4CCOCC4)c3)c2o1. The molecule has 0 N–H and O–H groups in total. The highest BCUT2D eigenvalue weighted by atomic mass is 16.5. The molecule has 182 valence electrons. The number of pyridine rings is 2. The van der Waals surface area contributed by atoms with Gasteiger partial charge in [-0.25, -0.2) is 4.98 Å². The predicted octanol–water partition coefficient (Wildman–Crippen LogP) is 3.13. The Kier molecular flexibility index (Phi) is 6.72. The second-order valence-electron chi connectivity index (χ2n) is 9.75. The fourth-order valence-electron chi connectivity index (χ4n) is 4.97. The van der Waals surface area contributed by atoms with E-state index in [4.69, 9.17) is 13.9 Å². The quantitative estimate of drug-likeness (QED) is 0.553. The summed E-state index contributed by atoms with van der Waals surface area (Å²) in [6.45, 7) is 8.21. The Bertz CT molecular complexity index is 1200. The molecule has 34 heavy (non-hydrogen) atoms. The molecule has 0 spiro atoms. The summed E-state index contributed by atoms with van der Waals surface area (Å²) in [4.78, 5) is 22.1. The lowest BCUT2D eigenvalue weighted by Crippen LogP contribution is -2.49. The molecule has 2 aliphatic rings. The van der Waals surface area contributed by atoms with E-state index in [9.17, 15) is 4.79 Å². The molecule has 3 aromatic rings. The van der Waals surface area contributed by atoms with Crippen LogP contribution in [0, 0.1) is 5.92 Å². The van der Waals surface area contributed by atoms with Crippen molar-refractivity contribution in [3.05, 3.63) is 46.7 Å². The third-order valence-electron chi connectivity index (χ3n) is 7.08. The Balaban J connectivity index is 1.42. The van der Waals surface area contributed by atoms with E-state index in [1.807, 2.05) is 24.4 Å². The van der Waals surface area contributed by atoms with Crippen LogP contribution in [-0.2, 0) is 18.3 Å². The van der Waals surface area contributed by atoms with Crippen molar-refractivity contribution in [2.24, 2.45) is 13.0 Å². The third-order valence-corrected chi connectivity index (χ3v) is 7.08. The minimum Gasteiger partial charge on any atom is -0.477 e. The van der Waals surface area contributed by atoms with E-state index in [2.05, 4.69) is 28.8 Å². The fourth-order valence-corrected chi connectivity index (χ4v) is 4.97. The van der Waals surface area contributed by atoms with Gasteiger partial charge in [-0.15, -0.1) is 0 Å². The van der Waals surface area contributed by atoms with Crippen LogP contribution in [0.5, 0.6) is 5.88 Å². The Morgan fingerprint density at radius 2 is 2.00 bits per heavy atom. The topological polar surface area (TPSA) is 73.0 Å². The molecule has 3 aromatic heterocycles. The lowest BCUT2D eigenvalue weighted by atomic mass is 10.0. The van der Waals surface area contributed by atoms with Gasteiger partial charge < -0.3 is 23.4 Å². The standard InChI is InChI=1S/C26H34N4O4/c1-18-14-28(2)8-9-30(18)15-21-13-22-25(34-21)23(16-29(3)26(22)31)20-4-7-27-24(12-20)33-17-19-5-10-32-11-6-19/h4,7,12-13,16,18-19H,5-6,8-11,14-15,17H2,1-3H3. The maximum atomic E-state index is 12.9. The van der Waals surface area contributed by atoms with Crippen LogP contribution in [0.3, 0.4) is 0 Å². The Morgan fingerprint density at radius 3 is 2.79 bits per heavy atom. The number of aromatic nitrogens is 2. The highest BCUT2D eigenvalue weighted by Crippen LogP contribution is 2.31. The summed E-state index contributed by atoms with van der Waals surface area (Å²) in [5.41, 5.74) is 2.37. The molecule has 2 saturated heterocycles. The van der Waals surface area contributed by atoms with Gasteiger partial charge in [0.15, 0.2) is 0 Å². The van der Waals surface area contributed by atoms with Crippen molar-refractivity contribution in [1.29, 1.82) is 0 Å². The Labute approximate surface area is 200 Å². The third kappa shape index (κ3) is 4.89. The number of rotatable bonds is 6. The summed E-state index contributed by atoms with van der Waals surface area (Å²) in [6, 6.07) is 6.22. The molecule has 0 amide bonds. The van der Waals surface area contributed by atoms with Crippen LogP contribution in [0.4, 0.5) is 0 Å². The van der Waals surface area contributed by atoms with Crippen molar-refractivity contribution in [2.75, 3.05) is 46.5 Å². The second kappa shape index (κ2) is 9.90. The van der Waals surface area contributed by atoms with Crippen molar-refractivity contribution in [3.8, 4) is 17.0 Å². The van der Waals surface area contributed by atoms with E-state index < -0.39 is 0 Å². The fraction of sp³-hybridized carbons (Fsp3) is 0.538. The summed E-state index contributed by atoms with van der Waals surface area (Å²) < 4.78 is 19.4. The maximum absolute atomic E-state index is 12.9. The molecule has 0 bridgehead atoms. The first-order chi connectivity index (χ1) is 16.5. The van der Waals surface area contributed by atoms with Crippen LogP contribution in [0.2, 0.25) is 0 Å². The molecular formula is C26H34N4O4. The molecular weight excluding hydrogens is 432 g/mol. The smallest absolute Gasteiger partial charge is 0.261 e. The summed E-state index contributed by atoms with van der Waals surface area (Å²) >= 11 is 0. The van der Waals surface area contributed by atoms with E-state index in [-0.39, 0.29) is 5.56 Å². The van der Waals surface area contributed by atoms with Gasteiger partial charge in [0, 0.05) is 70.0 Å². The number of ether oxygens (including phenoxy) is 2. The molecule has 0 aromatic carbocycles. The molecule has 0 aliphatic carbocycles. The van der Waals surface area contributed by atoms with E-state index >= 15 is 0 Å². The predicted molar refractivity (Wildman–Crippen MR) is 131 cm³/mol. The van der Waals surface area contributed by atoms with Crippen LogP contribution < -0.4 is 10.3 Å². The molecule has 1 unspecified atom stereocenters. The van der Waals surface area contributed by atoms with Gasteiger partial charge >= 0.3 is 0 Å². The summed E-state index contributed by atoms with van der Waals surface area (Å²) in [5, 5.41) is 0.610. The number of nitrogens with zero attached hydrogens (tertiary/aromatic N) is 4. The van der Waals surface area contributed by atoms with Crippen LogP contribution >= 0.6 is 0 Å². The summed E-state index contributed by atoms with van der Waals surface area (Å²) in [6.07, 6.45) is 5.62. The first kappa shape index (κ1) is 23.1. The van der Waals surface area contributed by atoms with Crippen molar-refractivity contribution in [1.82, 2.24) is 19.4 Å². The number of likely N-dealkylation sites (N-methyl/N-ethyl adjacent to an activating group) is 1. The van der Waals surface area contributed by atoms with Gasteiger partial charge in [0.1, 0.15) is 11.3 Å². The highest BCUT2D eigenvalue weighted by molar-refractivity contribution is 5.92. The summed E-state index contributed by atoms with van der Waals surface area (Å²) in [7, 11) is 3.94. The van der Waals surface area contributed by atoms with Crippen molar-refractivity contribution in [3.63, 3.8) is 0 Å². The molecule has 2 aliphatic heterocycles. The van der Waals surface area contributed by atoms with Crippen LogP contribution in [0.15, 0.2) is 39.8 Å². The van der Waals surface area contributed by atoms with Gasteiger partial charge in [-0.1, -0.05) is 0 Å². The second-order valence-corrected chi connectivity index (χ2v) is 9.75. The minimum absolute atomic E-state index is 0.0507. The molecule has 8 nitrogen and oxygen atoms in total. The summed E-state index contributed by atoms with van der Waals surface area (Å²) in [5.74, 6) is 1.90. The number of furan rings is 1. The van der Waals surface area contributed by atoms with Gasteiger partial charge in [-0.05, 0) is 50.4 Å². The van der Waals surface area contributed by atoms with E-state index in [0.29, 0.717) is 42.0 Å². The molecule has 1 atom stereocenters. The Morgan fingerprint density at radius 1 is 1.18 bits per heavy atom. The first-order valence-electron chi connectivity index (χ1n) is 12.2. The zero-order valence-corrected chi connectivity index (χ0v) is 20.3. The first-order valence-corrected chi connectivity index (χ1v) is 12.2. The van der Waals surface area contributed by atoms with Crippen LogP contribution in [-0.4, -0.2) is 71.9 Å². The number of hydrogen-bond donors (Lipinski definition) is 0. The number of fused-ring (bicyclic) bond motifs is 1. The highest BCUT2D eigenvalue weighted by Gasteiger charge is 2.24. The van der Waals surface area contributed by atoms with Crippen molar-refractivity contribution >= 4 is 11.0 Å². The average Bonchev–Trinajstić information content (AvgIpc) is 3.27. The Hall–Kier alpha value is -2.68. The molecule has 5 rings (SSSR count). The largest absolute Gasteiger partial charge is 0.477 e. The molecule has 5 heterocycles. The molecule has 0 saturated carbocycles. The normalized spacial score (nSPS) is 20.7. The molecule has 8 heteroatoms. The van der Waals surface area contributed by atoms with Gasteiger partial charge in [-0.2, -0.15) is 0 Å². The van der Waals surface area contributed by atoms with Gasteiger partial charge in [-0.3, -0.25) is 9.69 Å². The molecule has 2 fully saturated rings. The lowest BCUT2D eigenvalue weighted by molar-refractivity contribution is 0.0490. The van der Waals surface area contributed by atoms with Gasteiger partial charge in [0.2, 0.25) is 5.88 Å². The zero-order valence-electron chi connectivity index (χ0n) is 20.3. The van der Waals surface area contributed by atoms with Gasteiger partial charge in [0.05, 0.1) is 18.5 Å². The van der Waals surface area contributed by atoms with Crippen LogP contribution in [0.1, 0.15) is 25.5 Å². The number of hydrogen-bond acceptors (Lipinski definition) is 7. The minimum atomic E-state index is -0.0507. The number of piperazine rings is 1. The average molecular weight is 467 g/mol. The molecule has 0 radical (unpaired) electrons. The van der Waals surface area contributed by atoms with E-state index in [0.717, 1.165) is 62.6 Å². The lowest BCUT2D eigenvalue weighted by Gasteiger charge is -2.37. The zero-order chi connectivity index (χ0) is 23.7. The van der Waals surface area contributed by atoms with Crippen molar-refractivity contribution in [2.45, 2.75) is 32.4 Å². The monoisotopic (exact) mass is 466 g/mol. The maximum Gasteiger partial charge on any atom is 0.261 e. The van der Waals surface area contributed by atoms with Crippen LogP contribution in [0.25, 0.3) is 22.1 Å².